The molecule has 0 amide bonds. The van der Waals surface area contributed by atoms with Crippen molar-refractivity contribution in [1.29, 1.82) is 0 Å². The molecular formula is C13H17F2NO2. The second-order valence-electron chi connectivity index (χ2n) is 4.19. The summed E-state index contributed by atoms with van der Waals surface area (Å²) in [6.07, 6.45) is 0.0441. The molecule has 0 spiro atoms. The van der Waals surface area contributed by atoms with Crippen LogP contribution in [0.2, 0.25) is 0 Å². The number of benzene rings is 1. The Kier molecular flexibility index (Phi) is 4.78. The van der Waals surface area contributed by atoms with Gasteiger partial charge in [0, 0.05) is 0 Å². The van der Waals surface area contributed by atoms with E-state index in [4.69, 9.17) is 4.74 Å². The first-order chi connectivity index (χ1) is 8.42. The zero-order valence-electron chi connectivity index (χ0n) is 10.7. The molecule has 5 heteroatoms. The van der Waals surface area contributed by atoms with Crippen molar-refractivity contribution in [3.05, 3.63) is 35.4 Å². The summed E-state index contributed by atoms with van der Waals surface area (Å²) in [4.78, 5) is 11.5. The van der Waals surface area contributed by atoms with Gasteiger partial charge in [-0.1, -0.05) is 6.07 Å². The molecule has 1 aromatic carbocycles. The third-order valence-electron chi connectivity index (χ3n) is 2.91. The molecule has 1 aromatic rings. The van der Waals surface area contributed by atoms with E-state index in [-0.39, 0.29) is 19.0 Å². The molecule has 0 fully saturated rings. The largest absolute Gasteiger partial charge is 0.466 e. The highest BCUT2D eigenvalue weighted by Crippen LogP contribution is 2.26. The number of carbonyl (C=O) groups excluding carboxylic acids is 1. The number of ether oxygens (including phenoxy) is 1. The van der Waals surface area contributed by atoms with Crippen LogP contribution in [0.15, 0.2) is 18.2 Å². The van der Waals surface area contributed by atoms with Crippen molar-refractivity contribution in [3.8, 4) is 0 Å². The normalized spacial score (nSPS) is 14.1. The number of nitrogens with one attached hydrogen (secondary N) is 1. The molecule has 0 heterocycles. The SMILES string of the molecule is CCOC(=O)CC(C)(NC)c1ccc(F)c(F)c1. The number of hydrogen-bond acceptors (Lipinski definition) is 3. The lowest BCUT2D eigenvalue weighted by Gasteiger charge is -2.29. The summed E-state index contributed by atoms with van der Waals surface area (Å²) >= 11 is 0. The minimum atomic E-state index is -0.933. The summed E-state index contributed by atoms with van der Waals surface area (Å²) in [5.74, 6) is -2.23. The molecule has 0 aliphatic heterocycles. The zero-order valence-corrected chi connectivity index (χ0v) is 10.7. The van der Waals surface area contributed by atoms with Crippen LogP contribution in [0.4, 0.5) is 8.78 Å². The van der Waals surface area contributed by atoms with Crippen molar-refractivity contribution < 1.29 is 18.3 Å². The maximum atomic E-state index is 13.2. The molecule has 1 rings (SSSR count). The quantitative estimate of drug-likeness (QED) is 0.823. The van der Waals surface area contributed by atoms with Crippen LogP contribution in [0.1, 0.15) is 25.8 Å². The Morgan fingerprint density at radius 1 is 1.39 bits per heavy atom. The lowest BCUT2D eigenvalue weighted by molar-refractivity contribution is -0.144. The Bertz CT molecular complexity index is 437. The number of halogens is 2. The number of carbonyl (C=O) groups is 1. The van der Waals surface area contributed by atoms with Crippen LogP contribution in [0.5, 0.6) is 0 Å². The van der Waals surface area contributed by atoms with Crippen LogP contribution in [0.25, 0.3) is 0 Å². The van der Waals surface area contributed by atoms with Gasteiger partial charge in [0.05, 0.1) is 18.6 Å². The second kappa shape index (κ2) is 5.91. The van der Waals surface area contributed by atoms with E-state index >= 15 is 0 Å². The van der Waals surface area contributed by atoms with Crippen molar-refractivity contribution in [2.75, 3.05) is 13.7 Å². The minimum Gasteiger partial charge on any atom is -0.466 e. The Balaban J connectivity index is 2.99. The monoisotopic (exact) mass is 257 g/mol. The molecule has 1 N–H and O–H groups in total. The summed E-state index contributed by atoms with van der Waals surface area (Å²) in [7, 11) is 1.65. The minimum absolute atomic E-state index is 0.0441. The lowest BCUT2D eigenvalue weighted by atomic mass is 9.88. The number of esters is 1. The molecule has 3 nitrogen and oxygen atoms in total. The third-order valence-corrected chi connectivity index (χ3v) is 2.91. The molecule has 0 saturated carbocycles. The van der Waals surface area contributed by atoms with Gasteiger partial charge in [0.1, 0.15) is 0 Å². The van der Waals surface area contributed by atoms with E-state index in [0.717, 1.165) is 12.1 Å². The molecule has 0 radical (unpaired) electrons. The first-order valence-electron chi connectivity index (χ1n) is 5.73. The van der Waals surface area contributed by atoms with Gasteiger partial charge >= 0.3 is 5.97 Å². The summed E-state index contributed by atoms with van der Waals surface area (Å²) < 4.78 is 31.0. The maximum absolute atomic E-state index is 13.2. The van der Waals surface area contributed by atoms with Crippen LogP contribution < -0.4 is 5.32 Å². The molecule has 0 aliphatic rings. The van der Waals surface area contributed by atoms with Gasteiger partial charge in [0.2, 0.25) is 0 Å². The van der Waals surface area contributed by atoms with E-state index < -0.39 is 17.2 Å². The summed E-state index contributed by atoms with van der Waals surface area (Å²) in [5, 5.41) is 2.94. The standard InChI is InChI=1S/C13H17F2NO2/c1-4-18-12(17)8-13(2,16-3)9-5-6-10(14)11(15)7-9/h5-7,16H,4,8H2,1-3H3. The fraction of sp³-hybridized carbons (Fsp3) is 0.462. The van der Waals surface area contributed by atoms with Gasteiger partial charge in [-0.25, -0.2) is 8.78 Å². The van der Waals surface area contributed by atoms with Gasteiger partial charge in [-0.3, -0.25) is 4.79 Å². The van der Waals surface area contributed by atoms with E-state index in [9.17, 15) is 13.6 Å². The predicted molar refractivity (Wildman–Crippen MR) is 64.0 cm³/mol. The van der Waals surface area contributed by atoms with Crippen molar-refractivity contribution in [2.45, 2.75) is 25.8 Å². The first kappa shape index (κ1) is 14.6. The molecule has 0 bridgehead atoms. The van der Waals surface area contributed by atoms with Gasteiger partial charge in [-0.2, -0.15) is 0 Å². The molecule has 18 heavy (non-hydrogen) atoms. The molecular weight excluding hydrogens is 240 g/mol. The molecule has 0 saturated heterocycles. The van der Waals surface area contributed by atoms with Crippen LogP contribution in [-0.2, 0) is 15.1 Å². The Morgan fingerprint density at radius 3 is 2.56 bits per heavy atom. The Labute approximate surface area is 105 Å². The van der Waals surface area contributed by atoms with Crippen LogP contribution in [-0.4, -0.2) is 19.6 Å². The molecule has 1 unspecified atom stereocenters. The number of hydrogen-bond donors (Lipinski definition) is 1. The topological polar surface area (TPSA) is 38.3 Å². The molecule has 1 atom stereocenters. The van der Waals surface area contributed by atoms with Crippen molar-refractivity contribution in [1.82, 2.24) is 5.32 Å². The average molecular weight is 257 g/mol. The van der Waals surface area contributed by atoms with Gasteiger partial charge in [0.15, 0.2) is 11.6 Å². The lowest BCUT2D eigenvalue weighted by Crippen LogP contribution is -2.39. The highest BCUT2D eigenvalue weighted by atomic mass is 19.2. The van der Waals surface area contributed by atoms with Crippen molar-refractivity contribution >= 4 is 5.97 Å². The van der Waals surface area contributed by atoms with E-state index in [1.54, 1.807) is 20.9 Å². The van der Waals surface area contributed by atoms with E-state index in [0.29, 0.717) is 5.56 Å². The van der Waals surface area contributed by atoms with Gasteiger partial charge in [-0.05, 0) is 38.6 Å². The third kappa shape index (κ3) is 3.26. The maximum Gasteiger partial charge on any atom is 0.307 e. The van der Waals surface area contributed by atoms with Crippen LogP contribution >= 0.6 is 0 Å². The highest BCUT2D eigenvalue weighted by molar-refractivity contribution is 5.71. The Morgan fingerprint density at radius 2 is 2.06 bits per heavy atom. The smallest absolute Gasteiger partial charge is 0.307 e. The summed E-state index contributed by atoms with van der Waals surface area (Å²) in [6.45, 7) is 3.74. The number of rotatable bonds is 5. The van der Waals surface area contributed by atoms with Gasteiger partial charge in [0.25, 0.3) is 0 Å². The molecule has 0 aromatic heterocycles. The van der Waals surface area contributed by atoms with E-state index in [1.807, 2.05) is 0 Å². The Hall–Kier alpha value is -1.49. The van der Waals surface area contributed by atoms with E-state index in [2.05, 4.69) is 5.32 Å². The second-order valence-corrected chi connectivity index (χ2v) is 4.19. The summed E-state index contributed by atoms with van der Waals surface area (Å²) in [5.41, 5.74) is -0.294. The highest BCUT2D eigenvalue weighted by Gasteiger charge is 2.29. The molecule has 0 aliphatic carbocycles. The van der Waals surface area contributed by atoms with Crippen molar-refractivity contribution in [3.63, 3.8) is 0 Å². The fourth-order valence-electron chi connectivity index (χ4n) is 1.67. The average Bonchev–Trinajstić information content (AvgIpc) is 2.32. The zero-order chi connectivity index (χ0) is 13.8. The first-order valence-corrected chi connectivity index (χ1v) is 5.73. The van der Waals surface area contributed by atoms with Crippen molar-refractivity contribution in [2.24, 2.45) is 0 Å². The fourth-order valence-corrected chi connectivity index (χ4v) is 1.67. The van der Waals surface area contributed by atoms with Gasteiger partial charge < -0.3 is 10.1 Å². The van der Waals surface area contributed by atoms with Crippen LogP contribution in [0, 0.1) is 11.6 Å². The predicted octanol–water partition coefficient (Wildman–Crippen LogP) is 2.35. The van der Waals surface area contributed by atoms with Crippen LogP contribution in [0.3, 0.4) is 0 Å². The van der Waals surface area contributed by atoms with Gasteiger partial charge in [-0.15, -0.1) is 0 Å². The summed E-state index contributed by atoms with van der Waals surface area (Å²) in [6, 6.07) is 3.59. The van der Waals surface area contributed by atoms with E-state index in [1.165, 1.54) is 6.07 Å². The molecule has 100 valence electrons.